The Bertz CT molecular complexity index is 776. The highest BCUT2D eigenvalue weighted by Crippen LogP contribution is 2.31. The van der Waals surface area contributed by atoms with E-state index in [1.54, 1.807) is 18.2 Å². The lowest BCUT2D eigenvalue weighted by Crippen LogP contribution is -2.45. The number of ether oxygens (including phenoxy) is 2. The van der Waals surface area contributed by atoms with Crippen molar-refractivity contribution in [2.75, 3.05) is 26.3 Å². The van der Waals surface area contributed by atoms with Crippen LogP contribution >= 0.6 is 11.6 Å². The monoisotopic (exact) mass is 335 g/mol. The van der Waals surface area contributed by atoms with Crippen LogP contribution in [0.5, 0.6) is 0 Å². The molecule has 0 aliphatic carbocycles. The molecule has 4 rings (SSSR count). The normalized spacial score (nSPS) is 21.3. The lowest BCUT2D eigenvalue weighted by atomic mass is 10.0. The zero-order valence-electron chi connectivity index (χ0n) is 12.7. The molecule has 0 bridgehead atoms. The Morgan fingerprint density at radius 1 is 1.26 bits per heavy atom. The summed E-state index contributed by atoms with van der Waals surface area (Å²) in [7, 11) is 0. The first-order chi connectivity index (χ1) is 11.1. The molecule has 1 aromatic heterocycles. The van der Waals surface area contributed by atoms with Gasteiger partial charge in [0.2, 0.25) is 0 Å². The summed E-state index contributed by atoms with van der Waals surface area (Å²) in [6.07, 6.45) is 1.69. The molecule has 2 aliphatic rings. The molecule has 3 heterocycles. The van der Waals surface area contributed by atoms with Gasteiger partial charge in [-0.3, -0.25) is 9.69 Å². The molecule has 23 heavy (non-hydrogen) atoms. The van der Waals surface area contributed by atoms with E-state index >= 15 is 0 Å². The number of benzene rings is 1. The zero-order chi connectivity index (χ0) is 15.9. The van der Waals surface area contributed by atoms with Gasteiger partial charge in [-0.05, 0) is 18.2 Å². The van der Waals surface area contributed by atoms with Gasteiger partial charge >= 0.3 is 0 Å². The van der Waals surface area contributed by atoms with Crippen molar-refractivity contribution in [2.24, 2.45) is 0 Å². The minimum absolute atomic E-state index is 0.127. The van der Waals surface area contributed by atoms with Gasteiger partial charge in [0, 0.05) is 31.0 Å². The fraction of sp³-hybridized carbons (Fsp3) is 0.500. The van der Waals surface area contributed by atoms with Crippen LogP contribution in [0.2, 0.25) is 5.02 Å². The Kier molecular flexibility index (Phi) is 3.85. The number of rotatable bonds is 2. The highest BCUT2D eigenvalue weighted by molar-refractivity contribution is 6.31. The molecule has 122 valence electrons. The van der Waals surface area contributed by atoms with Crippen molar-refractivity contribution < 1.29 is 9.47 Å². The molecule has 2 aromatic rings. The molecule has 6 nitrogen and oxygen atoms in total. The Morgan fingerprint density at radius 3 is 2.74 bits per heavy atom. The Balaban J connectivity index is 1.51. The molecule has 7 heteroatoms. The lowest BCUT2D eigenvalue weighted by Gasteiger charge is -2.37. The fourth-order valence-electron chi connectivity index (χ4n) is 3.29. The third kappa shape index (κ3) is 2.99. The highest BCUT2D eigenvalue weighted by atomic mass is 35.5. The van der Waals surface area contributed by atoms with E-state index in [-0.39, 0.29) is 11.3 Å². The summed E-state index contributed by atoms with van der Waals surface area (Å²) in [5.41, 5.74) is 0.504. The molecule has 0 unspecified atom stereocenters. The number of hydrogen-bond acceptors (Lipinski definition) is 5. The molecule has 2 fully saturated rings. The maximum Gasteiger partial charge on any atom is 0.258 e. The molecule has 2 aliphatic heterocycles. The largest absolute Gasteiger partial charge is 0.347 e. The van der Waals surface area contributed by atoms with Crippen LogP contribution < -0.4 is 5.56 Å². The first kappa shape index (κ1) is 15.1. The predicted molar refractivity (Wildman–Crippen MR) is 86.5 cm³/mol. The maximum absolute atomic E-state index is 12.2. The van der Waals surface area contributed by atoms with Gasteiger partial charge in [-0.1, -0.05) is 11.6 Å². The van der Waals surface area contributed by atoms with Crippen molar-refractivity contribution in [3.63, 3.8) is 0 Å². The van der Waals surface area contributed by atoms with E-state index in [2.05, 4.69) is 14.9 Å². The molecule has 1 aromatic carbocycles. The number of H-pyrrole nitrogens is 1. The number of hydrogen-bond donors (Lipinski definition) is 1. The number of fused-ring (bicyclic) bond motifs is 1. The van der Waals surface area contributed by atoms with Gasteiger partial charge in [0.15, 0.2) is 5.79 Å². The molecule has 1 N–H and O–H groups in total. The average Bonchev–Trinajstić information content (AvgIpc) is 2.98. The predicted octanol–water partition coefficient (Wildman–Crippen LogP) is 1.92. The first-order valence-corrected chi connectivity index (χ1v) is 8.20. The second-order valence-corrected chi connectivity index (χ2v) is 6.49. The molecular weight excluding hydrogens is 318 g/mol. The molecule has 0 saturated carbocycles. The third-order valence-electron chi connectivity index (χ3n) is 4.52. The molecule has 2 saturated heterocycles. The second kappa shape index (κ2) is 5.87. The van der Waals surface area contributed by atoms with E-state index in [0.717, 1.165) is 25.9 Å². The SMILES string of the molecule is O=c1[nH]c(CN2CCC3(CC2)OCCO3)nc2cc(Cl)ccc12. The molecular formula is C16H18ClN3O3. The van der Waals surface area contributed by atoms with E-state index in [4.69, 9.17) is 21.1 Å². The zero-order valence-corrected chi connectivity index (χ0v) is 13.4. The molecule has 0 amide bonds. The summed E-state index contributed by atoms with van der Waals surface area (Å²) in [4.78, 5) is 21.8. The van der Waals surface area contributed by atoms with E-state index in [1.807, 2.05) is 0 Å². The van der Waals surface area contributed by atoms with Crippen molar-refractivity contribution in [1.29, 1.82) is 0 Å². The molecule has 0 radical (unpaired) electrons. The quantitative estimate of drug-likeness (QED) is 0.908. The number of halogens is 1. The van der Waals surface area contributed by atoms with Gasteiger partial charge in [-0.2, -0.15) is 0 Å². The average molecular weight is 336 g/mol. The van der Waals surface area contributed by atoms with Crippen molar-refractivity contribution in [3.8, 4) is 0 Å². The van der Waals surface area contributed by atoms with E-state index < -0.39 is 0 Å². The summed E-state index contributed by atoms with van der Waals surface area (Å²) in [6.45, 7) is 3.68. The van der Waals surface area contributed by atoms with Crippen LogP contribution in [0.3, 0.4) is 0 Å². The smallest absolute Gasteiger partial charge is 0.258 e. The van der Waals surface area contributed by atoms with Crippen LogP contribution in [0, 0.1) is 0 Å². The topological polar surface area (TPSA) is 67.5 Å². The van der Waals surface area contributed by atoms with Crippen LogP contribution in [0.15, 0.2) is 23.0 Å². The minimum Gasteiger partial charge on any atom is -0.347 e. The first-order valence-electron chi connectivity index (χ1n) is 7.82. The number of piperidine rings is 1. The number of nitrogens with zero attached hydrogens (tertiary/aromatic N) is 2. The number of likely N-dealkylation sites (tertiary alicyclic amines) is 1. The Hall–Kier alpha value is -1.47. The van der Waals surface area contributed by atoms with Gasteiger partial charge in [0.25, 0.3) is 5.56 Å². The summed E-state index contributed by atoms with van der Waals surface area (Å²) in [5.74, 6) is 0.280. The van der Waals surface area contributed by atoms with E-state index in [0.29, 0.717) is 41.5 Å². The second-order valence-electron chi connectivity index (χ2n) is 6.06. The van der Waals surface area contributed by atoms with E-state index in [9.17, 15) is 4.79 Å². The standard InChI is InChI=1S/C16H18ClN3O3/c17-11-1-2-12-13(9-11)18-14(19-15(12)21)10-20-5-3-16(4-6-20)22-7-8-23-16/h1-2,9H,3-8,10H2,(H,18,19,21). The van der Waals surface area contributed by atoms with Gasteiger partial charge < -0.3 is 14.5 Å². The van der Waals surface area contributed by atoms with Gasteiger partial charge in [0.05, 0.1) is 30.7 Å². The summed E-state index contributed by atoms with van der Waals surface area (Å²) >= 11 is 5.99. The maximum atomic E-state index is 12.2. The summed E-state index contributed by atoms with van der Waals surface area (Å²) < 4.78 is 11.5. The van der Waals surface area contributed by atoms with Crippen LogP contribution in [0.1, 0.15) is 18.7 Å². The van der Waals surface area contributed by atoms with Gasteiger partial charge in [0.1, 0.15) is 5.82 Å². The fourth-order valence-corrected chi connectivity index (χ4v) is 3.45. The van der Waals surface area contributed by atoms with Crippen molar-refractivity contribution in [2.45, 2.75) is 25.2 Å². The van der Waals surface area contributed by atoms with Crippen molar-refractivity contribution >= 4 is 22.5 Å². The lowest BCUT2D eigenvalue weighted by molar-refractivity contribution is -0.185. The van der Waals surface area contributed by atoms with Crippen LogP contribution in [0.4, 0.5) is 0 Å². The van der Waals surface area contributed by atoms with Crippen molar-refractivity contribution in [3.05, 3.63) is 39.4 Å². The Morgan fingerprint density at radius 2 is 2.00 bits per heavy atom. The van der Waals surface area contributed by atoms with Gasteiger partial charge in [-0.15, -0.1) is 0 Å². The third-order valence-corrected chi connectivity index (χ3v) is 4.76. The van der Waals surface area contributed by atoms with Crippen LogP contribution in [-0.4, -0.2) is 47.0 Å². The summed E-state index contributed by atoms with van der Waals surface area (Å²) in [5, 5.41) is 1.14. The highest BCUT2D eigenvalue weighted by Gasteiger charge is 2.39. The van der Waals surface area contributed by atoms with Crippen molar-refractivity contribution in [1.82, 2.24) is 14.9 Å². The summed E-state index contributed by atoms with van der Waals surface area (Å²) in [6, 6.07) is 5.12. The molecule has 1 spiro atoms. The minimum atomic E-state index is -0.381. The number of aromatic amines is 1. The van der Waals surface area contributed by atoms with E-state index in [1.165, 1.54) is 0 Å². The van der Waals surface area contributed by atoms with Crippen LogP contribution in [-0.2, 0) is 16.0 Å². The number of aromatic nitrogens is 2. The van der Waals surface area contributed by atoms with Crippen LogP contribution in [0.25, 0.3) is 10.9 Å². The number of nitrogens with one attached hydrogen (secondary N) is 1. The Labute approximate surface area is 138 Å². The molecule has 0 atom stereocenters. The van der Waals surface area contributed by atoms with Gasteiger partial charge in [-0.25, -0.2) is 4.98 Å².